The monoisotopic (exact) mass is 432 g/mol. The number of nitrogens with zero attached hydrogens (tertiary/aromatic N) is 4. The molecule has 2 aromatic heterocycles. The smallest absolute Gasteiger partial charge is 0.336 e. The van der Waals surface area contributed by atoms with E-state index < -0.39 is 5.97 Å². The third-order valence-corrected chi connectivity index (χ3v) is 6.39. The SMILES string of the molecule is CCCCn1nc(CC2CCCCC2)nc1Cc1ccc(-c2cnccc2C(=O)O)cc1. The Labute approximate surface area is 189 Å². The van der Waals surface area contributed by atoms with E-state index in [1.165, 1.54) is 44.4 Å². The molecule has 0 amide bonds. The molecule has 2 heterocycles. The number of benzene rings is 1. The Morgan fingerprint density at radius 1 is 1.12 bits per heavy atom. The van der Waals surface area contributed by atoms with E-state index >= 15 is 0 Å². The van der Waals surface area contributed by atoms with E-state index in [1.807, 2.05) is 24.3 Å². The van der Waals surface area contributed by atoms with E-state index in [1.54, 1.807) is 6.20 Å². The molecule has 6 heteroatoms. The van der Waals surface area contributed by atoms with Crippen molar-refractivity contribution in [3.63, 3.8) is 0 Å². The molecule has 0 aliphatic heterocycles. The number of carboxylic acid groups (broad SMARTS) is 1. The fourth-order valence-corrected chi connectivity index (χ4v) is 4.58. The zero-order valence-corrected chi connectivity index (χ0v) is 18.8. The number of aromatic nitrogens is 4. The molecule has 0 spiro atoms. The zero-order chi connectivity index (χ0) is 22.3. The molecule has 32 heavy (non-hydrogen) atoms. The van der Waals surface area contributed by atoms with E-state index in [-0.39, 0.29) is 5.56 Å². The lowest BCUT2D eigenvalue weighted by molar-refractivity contribution is 0.0697. The highest BCUT2D eigenvalue weighted by atomic mass is 16.4. The summed E-state index contributed by atoms with van der Waals surface area (Å²) >= 11 is 0. The number of unbranched alkanes of at least 4 members (excludes halogenated alkanes) is 1. The van der Waals surface area contributed by atoms with Crippen LogP contribution in [0.3, 0.4) is 0 Å². The Hall–Kier alpha value is -3.02. The molecule has 0 saturated heterocycles. The number of aryl methyl sites for hydroxylation is 1. The van der Waals surface area contributed by atoms with Crippen molar-refractivity contribution >= 4 is 5.97 Å². The number of carbonyl (C=O) groups is 1. The quantitative estimate of drug-likeness (QED) is 0.479. The first-order valence-electron chi connectivity index (χ1n) is 11.8. The molecule has 0 radical (unpaired) electrons. The molecule has 1 aliphatic carbocycles. The minimum atomic E-state index is -0.944. The topological polar surface area (TPSA) is 80.9 Å². The number of aromatic carboxylic acids is 1. The molecule has 1 saturated carbocycles. The van der Waals surface area contributed by atoms with Gasteiger partial charge < -0.3 is 5.11 Å². The Bertz CT molecular complexity index is 1040. The van der Waals surface area contributed by atoms with Crippen LogP contribution in [0.1, 0.15) is 79.4 Å². The first-order chi connectivity index (χ1) is 15.6. The average Bonchev–Trinajstić information content (AvgIpc) is 3.19. The van der Waals surface area contributed by atoms with Crippen LogP contribution in [0.25, 0.3) is 11.1 Å². The number of rotatable bonds is 9. The van der Waals surface area contributed by atoms with Gasteiger partial charge in [-0.3, -0.25) is 4.98 Å². The van der Waals surface area contributed by atoms with Crippen molar-refractivity contribution in [2.24, 2.45) is 5.92 Å². The predicted molar refractivity (Wildman–Crippen MR) is 125 cm³/mol. The van der Waals surface area contributed by atoms with Gasteiger partial charge in [-0.05, 0) is 29.5 Å². The van der Waals surface area contributed by atoms with Gasteiger partial charge in [0.25, 0.3) is 0 Å². The molecule has 168 valence electrons. The van der Waals surface area contributed by atoms with E-state index in [0.717, 1.165) is 60.9 Å². The lowest BCUT2D eigenvalue weighted by Gasteiger charge is -2.19. The van der Waals surface area contributed by atoms with Crippen molar-refractivity contribution < 1.29 is 9.90 Å². The minimum absolute atomic E-state index is 0.263. The van der Waals surface area contributed by atoms with Crippen LogP contribution in [0, 0.1) is 5.92 Å². The lowest BCUT2D eigenvalue weighted by atomic mass is 9.87. The molecule has 0 bridgehead atoms. The second-order valence-corrected chi connectivity index (χ2v) is 8.83. The van der Waals surface area contributed by atoms with Gasteiger partial charge in [-0.1, -0.05) is 69.7 Å². The summed E-state index contributed by atoms with van der Waals surface area (Å²) in [4.78, 5) is 20.6. The van der Waals surface area contributed by atoms with Crippen LogP contribution in [0.4, 0.5) is 0 Å². The van der Waals surface area contributed by atoms with Crippen LogP contribution in [-0.2, 0) is 19.4 Å². The third-order valence-electron chi connectivity index (χ3n) is 6.39. The summed E-state index contributed by atoms with van der Waals surface area (Å²) < 4.78 is 2.10. The van der Waals surface area contributed by atoms with E-state index in [4.69, 9.17) is 10.1 Å². The Balaban J connectivity index is 1.52. The molecule has 0 atom stereocenters. The van der Waals surface area contributed by atoms with Crippen molar-refractivity contribution in [3.8, 4) is 11.1 Å². The molecular weight excluding hydrogens is 400 g/mol. The summed E-state index contributed by atoms with van der Waals surface area (Å²) in [6.45, 7) is 3.10. The van der Waals surface area contributed by atoms with Gasteiger partial charge >= 0.3 is 5.97 Å². The Kier molecular flexibility index (Phi) is 7.30. The molecule has 0 unspecified atom stereocenters. The summed E-state index contributed by atoms with van der Waals surface area (Å²) in [5.74, 6) is 1.78. The maximum absolute atomic E-state index is 11.5. The van der Waals surface area contributed by atoms with Gasteiger partial charge in [0.2, 0.25) is 0 Å². The van der Waals surface area contributed by atoms with Gasteiger partial charge in [0, 0.05) is 37.3 Å². The second-order valence-electron chi connectivity index (χ2n) is 8.83. The number of carboxylic acids is 1. The molecule has 3 aromatic rings. The van der Waals surface area contributed by atoms with Crippen LogP contribution >= 0.6 is 0 Å². The normalized spacial score (nSPS) is 14.5. The highest BCUT2D eigenvalue weighted by Crippen LogP contribution is 2.27. The maximum atomic E-state index is 11.5. The molecule has 1 aromatic carbocycles. The Morgan fingerprint density at radius 3 is 2.62 bits per heavy atom. The number of hydrogen-bond acceptors (Lipinski definition) is 4. The van der Waals surface area contributed by atoms with Gasteiger partial charge in [-0.25, -0.2) is 14.5 Å². The van der Waals surface area contributed by atoms with E-state index in [9.17, 15) is 9.90 Å². The molecule has 4 rings (SSSR count). The maximum Gasteiger partial charge on any atom is 0.336 e. The summed E-state index contributed by atoms with van der Waals surface area (Å²) in [7, 11) is 0. The van der Waals surface area contributed by atoms with Crippen molar-refractivity contribution in [3.05, 3.63) is 65.5 Å². The predicted octanol–water partition coefficient (Wildman–Crippen LogP) is 5.55. The first kappa shape index (κ1) is 22.2. The molecule has 1 N–H and O–H groups in total. The highest BCUT2D eigenvalue weighted by Gasteiger charge is 2.18. The molecule has 6 nitrogen and oxygen atoms in total. The van der Waals surface area contributed by atoms with E-state index in [0.29, 0.717) is 5.56 Å². The second kappa shape index (κ2) is 10.5. The first-order valence-corrected chi connectivity index (χ1v) is 11.8. The van der Waals surface area contributed by atoms with Gasteiger partial charge in [0.05, 0.1) is 5.56 Å². The number of hydrogen-bond donors (Lipinski definition) is 1. The summed E-state index contributed by atoms with van der Waals surface area (Å²) in [5.41, 5.74) is 2.89. The van der Waals surface area contributed by atoms with Crippen molar-refractivity contribution in [1.29, 1.82) is 0 Å². The fourth-order valence-electron chi connectivity index (χ4n) is 4.58. The van der Waals surface area contributed by atoms with Crippen LogP contribution in [0.15, 0.2) is 42.7 Å². The zero-order valence-electron chi connectivity index (χ0n) is 18.8. The molecular formula is C26H32N4O2. The minimum Gasteiger partial charge on any atom is -0.478 e. The molecule has 1 aliphatic rings. The van der Waals surface area contributed by atoms with Crippen molar-refractivity contribution in [2.75, 3.05) is 0 Å². The summed E-state index contributed by atoms with van der Waals surface area (Å²) in [6, 6.07) is 9.57. The van der Waals surface area contributed by atoms with Gasteiger partial charge in [0.1, 0.15) is 5.82 Å². The fraction of sp³-hybridized carbons (Fsp3) is 0.462. The van der Waals surface area contributed by atoms with Gasteiger partial charge in [-0.15, -0.1) is 0 Å². The molecule has 1 fully saturated rings. The van der Waals surface area contributed by atoms with Crippen molar-refractivity contribution in [1.82, 2.24) is 19.7 Å². The highest BCUT2D eigenvalue weighted by molar-refractivity contribution is 5.95. The van der Waals surface area contributed by atoms with Gasteiger partial charge in [0.15, 0.2) is 5.82 Å². The van der Waals surface area contributed by atoms with Crippen LogP contribution in [0.5, 0.6) is 0 Å². The van der Waals surface area contributed by atoms with Crippen LogP contribution < -0.4 is 0 Å². The Morgan fingerprint density at radius 2 is 1.91 bits per heavy atom. The average molecular weight is 433 g/mol. The van der Waals surface area contributed by atoms with E-state index in [2.05, 4.69) is 16.6 Å². The van der Waals surface area contributed by atoms with Crippen LogP contribution in [-0.4, -0.2) is 30.8 Å². The van der Waals surface area contributed by atoms with Crippen LogP contribution in [0.2, 0.25) is 0 Å². The van der Waals surface area contributed by atoms with Gasteiger partial charge in [-0.2, -0.15) is 5.10 Å². The lowest BCUT2D eigenvalue weighted by Crippen LogP contribution is -2.10. The third kappa shape index (κ3) is 5.42. The standard InChI is InChI=1S/C26H32N4O2/c1-2-3-15-30-25(28-24(29-30)16-19-7-5-4-6-8-19)17-20-9-11-21(12-10-20)23-18-27-14-13-22(23)26(31)32/h9-14,18-19H,2-8,15-17H2,1H3,(H,31,32). The largest absolute Gasteiger partial charge is 0.478 e. The number of pyridine rings is 1. The van der Waals surface area contributed by atoms with Crippen molar-refractivity contribution in [2.45, 2.75) is 71.3 Å². The summed E-state index contributed by atoms with van der Waals surface area (Å²) in [6.07, 6.45) is 13.7. The summed E-state index contributed by atoms with van der Waals surface area (Å²) in [5, 5.41) is 14.3.